The molecule has 0 unspecified atom stereocenters. The molecule has 2 rings (SSSR count). The van der Waals surface area contributed by atoms with Gasteiger partial charge in [0.25, 0.3) is 6.43 Å². The molecular weight excluding hydrogens is 250 g/mol. The Morgan fingerprint density at radius 1 is 1.37 bits per heavy atom. The van der Waals surface area contributed by atoms with Gasteiger partial charge < -0.3 is 4.90 Å². The van der Waals surface area contributed by atoms with Crippen LogP contribution in [0.5, 0.6) is 0 Å². The Hall–Kier alpha value is -1.49. The van der Waals surface area contributed by atoms with Gasteiger partial charge in [0.15, 0.2) is 5.54 Å². The van der Waals surface area contributed by atoms with Crippen LogP contribution in [-0.2, 0) is 11.3 Å². The predicted octanol–water partition coefficient (Wildman–Crippen LogP) is 2.03. The molecule has 3 nitrogen and oxygen atoms in total. The first-order valence-electron chi connectivity index (χ1n) is 6.46. The minimum atomic E-state index is -2.69. The summed E-state index contributed by atoms with van der Waals surface area (Å²) in [5, 5.41) is 2.71. The van der Waals surface area contributed by atoms with Crippen molar-refractivity contribution in [2.75, 3.05) is 13.1 Å². The lowest BCUT2D eigenvalue weighted by atomic mass is 9.92. The lowest BCUT2D eigenvalue weighted by molar-refractivity contribution is -0.150. The summed E-state index contributed by atoms with van der Waals surface area (Å²) in [5.41, 5.74) is -0.760. The average Bonchev–Trinajstić information content (AvgIpc) is 2.42. The fourth-order valence-electron chi connectivity index (χ4n) is 2.43. The molecule has 1 heterocycles. The van der Waals surface area contributed by atoms with Gasteiger partial charge in [0.1, 0.15) is 0 Å². The zero-order chi connectivity index (χ0) is 13.9. The number of benzene rings is 1. The molecular formula is C14H18F2N2O. The van der Waals surface area contributed by atoms with Crippen molar-refractivity contribution < 1.29 is 13.6 Å². The van der Waals surface area contributed by atoms with Gasteiger partial charge in [0.2, 0.25) is 5.91 Å². The second kappa shape index (κ2) is 5.65. The molecule has 1 amide bonds. The van der Waals surface area contributed by atoms with E-state index in [0.29, 0.717) is 19.6 Å². The number of alkyl halides is 2. The van der Waals surface area contributed by atoms with E-state index in [0.717, 1.165) is 5.56 Å². The van der Waals surface area contributed by atoms with E-state index < -0.39 is 17.9 Å². The molecule has 0 bridgehead atoms. The SMILES string of the molecule is CC[C@]1(C(F)F)NCCN(Cc2ccccc2)C1=O. The molecule has 0 saturated carbocycles. The highest BCUT2D eigenvalue weighted by Crippen LogP contribution is 2.26. The number of piperazine rings is 1. The van der Waals surface area contributed by atoms with E-state index in [-0.39, 0.29) is 6.42 Å². The van der Waals surface area contributed by atoms with Crippen molar-refractivity contribution >= 4 is 5.91 Å². The van der Waals surface area contributed by atoms with Crippen molar-refractivity contribution in [2.45, 2.75) is 31.9 Å². The molecule has 19 heavy (non-hydrogen) atoms. The second-order valence-electron chi connectivity index (χ2n) is 4.76. The molecule has 1 aliphatic heterocycles. The van der Waals surface area contributed by atoms with E-state index in [1.807, 2.05) is 30.3 Å². The maximum atomic E-state index is 13.2. The Morgan fingerprint density at radius 3 is 2.63 bits per heavy atom. The van der Waals surface area contributed by atoms with Gasteiger partial charge in [-0.25, -0.2) is 8.78 Å². The summed E-state index contributed by atoms with van der Waals surface area (Å²) in [5.74, 6) is -0.500. The lowest BCUT2D eigenvalue weighted by Crippen LogP contribution is -2.67. The molecule has 0 aromatic heterocycles. The third-order valence-electron chi connectivity index (χ3n) is 3.64. The summed E-state index contributed by atoms with van der Waals surface area (Å²) in [6, 6.07) is 9.43. The van der Waals surface area contributed by atoms with Crippen molar-refractivity contribution in [1.29, 1.82) is 0 Å². The molecule has 0 aliphatic carbocycles. The second-order valence-corrected chi connectivity index (χ2v) is 4.76. The number of hydrogen-bond donors (Lipinski definition) is 1. The minimum Gasteiger partial charge on any atom is -0.335 e. The van der Waals surface area contributed by atoms with Crippen LogP contribution < -0.4 is 5.32 Å². The van der Waals surface area contributed by atoms with Crippen LogP contribution >= 0.6 is 0 Å². The van der Waals surface area contributed by atoms with Crippen LogP contribution in [0.2, 0.25) is 0 Å². The third-order valence-corrected chi connectivity index (χ3v) is 3.64. The van der Waals surface area contributed by atoms with Crippen LogP contribution in [0.4, 0.5) is 8.78 Å². The van der Waals surface area contributed by atoms with Gasteiger partial charge in [-0.15, -0.1) is 0 Å². The van der Waals surface area contributed by atoms with E-state index in [1.54, 1.807) is 6.92 Å². The highest BCUT2D eigenvalue weighted by Gasteiger charge is 2.49. The molecule has 0 spiro atoms. The number of carbonyl (C=O) groups is 1. The Kier molecular flexibility index (Phi) is 4.14. The van der Waals surface area contributed by atoms with Crippen LogP contribution in [0.1, 0.15) is 18.9 Å². The van der Waals surface area contributed by atoms with Gasteiger partial charge in [0.05, 0.1) is 0 Å². The van der Waals surface area contributed by atoms with Crippen LogP contribution in [0.3, 0.4) is 0 Å². The maximum Gasteiger partial charge on any atom is 0.265 e. The van der Waals surface area contributed by atoms with Crippen molar-refractivity contribution in [1.82, 2.24) is 10.2 Å². The van der Waals surface area contributed by atoms with E-state index >= 15 is 0 Å². The summed E-state index contributed by atoms with van der Waals surface area (Å²) in [4.78, 5) is 13.8. The molecule has 1 fully saturated rings. The van der Waals surface area contributed by atoms with Gasteiger partial charge >= 0.3 is 0 Å². The highest BCUT2D eigenvalue weighted by molar-refractivity contribution is 5.87. The van der Waals surface area contributed by atoms with Gasteiger partial charge in [0, 0.05) is 19.6 Å². The number of rotatable bonds is 4. The highest BCUT2D eigenvalue weighted by atomic mass is 19.3. The minimum absolute atomic E-state index is 0.0921. The molecule has 1 aliphatic rings. The summed E-state index contributed by atoms with van der Waals surface area (Å²) < 4.78 is 26.5. The lowest BCUT2D eigenvalue weighted by Gasteiger charge is -2.41. The predicted molar refractivity (Wildman–Crippen MR) is 68.9 cm³/mol. The van der Waals surface area contributed by atoms with E-state index in [4.69, 9.17) is 0 Å². The maximum absolute atomic E-state index is 13.2. The molecule has 0 radical (unpaired) electrons. The summed E-state index contributed by atoms with van der Waals surface area (Å²) in [6.07, 6.45) is -2.60. The van der Waals surface area contributed by atoms with Gasteiger partial charge in [-0.05, 0) is 12.0 Å². The number of nitrogens with zero attached hydrogens (tertiary/aromatic N) is 1. The van der Waals surface area contributed by atoms with Crippen molar-refractivity contribution in [3.63, 3.8) is 0 Å². The molecule has 1 aromatic carbocycles. The first kappa shape index (κ1) is 13.9. The van der Waals surface area contributed by atoms with Crippen LogP contribution in [0.15, 0.2) is 30.3 Å². The zero-order valence-corrected chi connectivity index (χ0v) is 10.9. The largest absolute Gasteiger partial charge is 0.335 e. The zero-order valence-electron chi connectivity index (χ0n) is 10.9. The Balaban J connectivity index is 2.16. The van der Waals surface area contributed by atoms with E-state index in [9.17, 15) is 13.6 Å². The fraction of sp³-hybridized carbons (Fsp3) is 0.500. The van der Waals surface area contributed by atoms with Crippen LogP contribution in [0.25, 0.3) is 0 Å². The number of carbonyl (C=O) groups excluding carboxylic acids is 1. The third kappa shape index (κ3) is 2.61. The van der Waals surface area contributed by atoms with Crippen LogP contribution in [-0.4, -0.2) is 35.9 Å². The molecule has 104 valence electrons. The first-order valence-corrected chi connectivity index (χ1v) is 6.46. The molecule has 1 N–H and O–H groups in total. The fourth-order valence-corrected chi connectivity index (χ4v) is 2.43. The van der Waals surface area contributed by atoms with E-state index in [2.05, 4.69) is 5.32 Å². The Labute approximate surface area is 111 Å². The smallest absolute Gasteiger partial charge is 0.265 e. The number of amides is 1. The van der Waals surface area contributed by atoms with Crippen molar-refractivity contribution in [3.8, 4) is 0 Å². The normalized spacial score (nSPS) is 24.0. The monoisotopic (exact) mass is 268 g/mol. The first-order chi connectivity index (χ1) is 9.10. The Bertz CT molecular complexity index is 438. The topological polar surface area (TPSA) is 32.3 Å². The number of nitrogens with one attached hydrogen (secondary N) is 1. The average molecular weight is 268 g/mol. The number of halogens is 2. The van der Waals surface area contributed by atoms with Gasteiger partial charge in [-0.3, -0.25) is 10.1 Å². The standard InChI is InChI=1S/C14H18F2N2O/c1-2-14(12(15)16)13(19)18(9-8-17-14)10-11-6-4-3-5-7-11/h3-7,12,17H,2,8-10H2,1H3/t14-/m1/s1. The summed E-state index contributed by atoms with van der Waals surface area (Å²) in [7, 11) is 0. The van der Waals surface area contributed by atoms with Gasteiger partial charge in [-0.2, -0.15) is 0 Å². The molecule has 1 aromatic rings. The Morgan fingerprint density at radius 2 is 2.05 bits per heavy atom. The molecule has 1 atom stereocenters. The molecule has 1 saturated heterocycles. The summed E-state index contributed by atoms with van der Waals surface area (Å²) >= 11 is 0. The van der Waals surface area contributed by atoms with Crippen molar-refractivity contribution in [3.05, 3.63) is 35.9 Å². The van der Waals surface area contributed by atoms with Crippen LogP contribution in [0, 0.1) is 0 Å². The summed E-state index contributed by atoms with van der Waals surface area (Å²) in [6.45, 7) is 2.86. The van der Waals surface area contributed by atoms with Crippen molar-refractivity contribution in [2.24, 2.45) is 0 Å². The quantitative estimate of drug-likeness (QED) is 0.906. The van der Waals surface area contributed by atoms with E-state index in [1.165, 1.54) is 4.90 Å². The molecule has 5 heteroatoms. The number of hydrogen-bond acceptors (Lipinski definition) is 2. The van der Waals surface area contributed by atoms with Gasteiger partial charge in [-0.1, -0.05) is 37.3 Å².